The lowest BCUT2D eigenvalue weighted by Gasteiger charge is -2.39. The first-order valence-corrected chi connectivity index (χ1v) is 18.2. The normalized spacial score (nSPS) is 22.9. The molecule has 3 aliphatic rings. The molecule has 4 nitrogen and oxygen atoms in total. The summed E-state index contributed by atoms with van der Waals surface area (Å²) in [5.41, 5.74) is 0. The van der Waals surface area contributed by atoms with Crippen LogP contribution in [0.3, 0.4) is 0 Å². The van der Waals surface area contributed by atoms with Crippen LogP contribution in [0.25, 0.3) is 0 Å². The minimum atomic E-state index is 0.569. The summed E-state index contributed by atoms with van der Waals surface area (Å²) in [6.07, 6.45) is 21.6. The zero-order valence-corrected chi connectivity index (χ0v) is 28.0. The average Bonchev–Trinajstić information content (AvgIpc) is 2.96. The predicted molar refractivity (Wildman–Crippen MR) is 176 cm³/mol. The molecule has 0 aromatic heterocycles. The second kappa shape index (κ2) is 19.2. The Kier molecular flexibility index (Phi) is 16.5. The number of hydrogen-bond donors (Lipinski definition) is 3. The molecule has 3 atom stereocenters. The lowest BCUT2D eigenvalue weighted by molar-refractivity contribution is 0.147. The molecule has 0 aromatic carbocycles. The number of rotatable bonds is 18. The summed E-state index contributed by atoms with van der Waals surface area (Å²) in [6, 6.07) is 1.71. The van der Waals surface area contributed by atoms with E-state index in [0.29, 0.717) is 35.9 Å². The summed E-state index contributed by atoms with van der Waals surface area (Å²) in [5.74, 6) is 4.66. The Balaban J connectivity index is 1.65. The maximum Gasteiger partial charge on any atom is 0.0218 e. The molecule has 236 valence electrons. The largest absolute Gasteiger partial charge is 0.312 e. The van der Waals surface area contributed by atoms with Crippen LogP contribution in [0.2, 0.25) is 0 Å². The maximum atomic E-state index is 4.11. The Hall–Kier alpha value is -0.160. The van der Waals surface area contributed by atoms with Crippen molar-refractivity contribution in [3.63, 3.8) is 0 Å². The second-order valence-corrected chi connectivity index (χ2v) is 15.5. The first kappa shape index (κ1) is 34.3. The van der Waals surface area contributed by atoms with E-state index in [1.54, 1.807) is 0 Å². The van der Waals surface area contributed by atoms with Crippen molar-refractivity contribution in [1.29, 1.82) is 0 Å². The van der Waals surface area contributed by atoms with Crippen molar-refractivity contribution in [3.8, 4) is 0 Å². The lowest BCUT2D eigenvalue weighted by atomic mass is 9.88. The van der Waals surface area contributed by atoms with Gasteiger partial charge in [0.2, 0.25) is 0 Å². The van der Waals surface area contributed by atoms with Crippen molar-refractivity contribution in [2.24, 2.45) is 35.5 Å². The summed E-state index contributed by atoms with van der Waals surface area (Å²) in [6.45, 7) is 21.8. The van der Waals surface area contributed by atoms with Gasteiger partial charge in [-0.05, 0) is 93.7 Å². The highest BCUT2D eigenvalue weighted by Gasteiger charge is 2.27. The van der Waals surface area contributed by atoms with Gasteiger partial charge in [0.15, 0.2) is 0 Å². The van der Waals surface area contributed by atoms with Gasteiger partial charge in [-0.25, -0.2) is 0 Å². The van der Waals surface area contributed by atoms with Gasteiger partial charge >= 0.3 is 0 Å². The van der Waals surface area contributed by atoms with Crippen molar-refractivity contribution in [3.05, 3.63) is 0 Å². The number of hydrogen-bond acceptors (Lipinski definition) is 4. The first-order chi connectivity index (χ1) is 19.3. The number of nitrogens with one attached hydrogen (secondary N) is 3. The van der Waals surface area contributed by atoms with E-state index in [2.05, 4.69) is 62.4 Å². The quantitative estimate of drug-likeness (QED) is 0.159. The zero-order valence-electron chi connectivity index (χ0n) is 28.0. The maximum absolute atomic E-state index is 4.11. The molecule has 0 spiro atoms. The minimum Gasteiger partial charge on any atom is -0.312 e. The van der Waals surface area contributed by atoms with Gasteiger partial charge in [-0.1, -0.05) is 99.3 Å². The van der Waals surface area contributed by atoms with E-state index < -0.39 is 0 Å². The highest BCUT2D eigenvalue weighted by Crippen LogP contribution is 2.25. The summed E-state index contributed by atoms with van der Waals surface area (Å²) in [5, 5.41) is 12.3. The highest BCUT2D eigenvalue weighted by atomic mass is 15.2. The van der Waals surface area contributed by atoms with E-state index >= 15 is 0 Å². The van der Waals surface area contributed by atoms with Gasteiger partial charge in [0.1, 0.15) is 0 Å². The molecule has 3 rings (SSSR count). The molecular formula is C36H72N4. The summed E-state index contributed by atoms with van der Waals surface area (Å²) >= 11 is 0. The van der Waals surface area contributed by atoms with Gasteiger partial charge in [0.05, 0.1) is 0 Å². The van der Waals surface area contributed by atoms with E-state index in [4.69, 9.17) is 0 Å². The van der Waals surface area contributed by atoms with Gasteiger partial charge in [-0.2, -0.15) is 0 Å². The van der Waals surface area contributed by atoms with Crippen molar-refractivity contribution < 1.29 is 0 Å². The molecule has 0 aromatic rings. The van der Waals surface area contributed by atoms with Crippen LogP contribution in [-0.2, 0) is 0 Å². The van der Waals surface area contributed by atoms with E-state index in [1.807, 2.05) is 0 Å². The van der Waals surface area contributed by atoms with E-state index in [9.17, 15) is 0 Å². The molecule has 0 unspecified atom stereocenters. The van der Waals surface area contributed by atoms with E-state index in [0.717, 1.165) is 17.8 Å². The fourth-order valence-corrected chi connectivity index (χ4v) is 7.72. The summed E-state index contributed by atoms with van der Waals surface area (Å²) in [4.78, 5) is 2.87. The van der Waals surface area contributed by atoms with Gasteiger partial charge in [-0.3, -0.25) is 4.90 Å². The molecule has 0 heterocycles. The Labute approximate surface area is 251 Å². The molecule has 3 saturated carbocycles. The molecule has 0 radical (unpaired) electrons. The number of nitrogens with zero attached hydrogens (tertiary/aromatic N) is 1. The average molecular weight is 561 g/mol. The molecule has 3 aliphatic carbocycles. The van der Waals surface area contributed by atoms with Gasteiger partial charge in [0, 0.05) is 37.8 Å². The second-order valence-electron chi connectivity index (χ2n) is 15.5. The standard InChI is InChI=1S/C36H72N4/c1-28(2)34(37-22-31-16-10-7-11-17-31)25-40(26-35(29(3)4)38-23-32-18-12-8-13-19-32)27-36(30(5)6)39-24-33-20-14-9-15-21-33/h28-39H,7-27H2,1-6H3/t34-,35-,36-/m1/s1. The van der Waals surface area contributed by atoms with Crippen LogP contribution in [0.4, 0.5) is 0 Å². The minimum absolute atomic E-state index is 0.569. The molecule has 3 N–H and O–H groups in total. The van der Waals surface area contributed by atoms with Crippen molar-refractivity contribution >= 4 is 0 Å². The third kappa shape index (κ3) is 13.0. The predicted octanol–water partition coefficient (Wildman–Crippen LogP) is 7.87. The molecule has 40 heavy (non-hydrogen) atoms. The lowest BCUT2D eigenvalue weighted by Crippen LogP contribution is -2.55. The molecule has 0 saturated heterocycles. The monoisotopic (exact) mass is 561 g/mol. The molecule has 3 fully saturated rings. The van der Waals surface area contributed by atoms with Gasteiger partial charge < -0.3 is 16.0 Å². The fraction of sp³-hybridized carbons (Fsp3) is 1.00. The van der Waals surface area contributed by atoms with Crippen LogP contribution in [-0.4, -0.2) is 62.3 Å². The van der Waals surface area contributed by atoms with E-state index in [1.165, 1.54) is 136 Å². The Morgan fingerprint density at radius 2 is 0.675 bits per heavy atom. The van der Waals surface area contributed by atoms with Crippen molar-refractivity contribution in [1.82, 2.24) is 20.9 Å². The Morgan fingerprint density at radius 1 is 0.425 bits per heavy atom. The van der Waals surface area contributed by atoms with Crippen LogP contribution >= 0.6 is 0 Å². The smallest absolute Gasteiger partial charge is 0.0218 e. The molecule has 0 bridgehead atoms. The van der Waals surface area contributed by atoms with Crippen LogP contribution in [0.1, 0.15) is 138 Å². The summed E-state index contributed by atoms with van der Waals surface area (Å²) < 4.78 is 0. The summed E-state index contributed by atoms with van der Waals surface area (Å²) in [7, 11) is 0. The van der Waals surface area contributed by atoms with Crippen LogP contribution in [0.5, 0.6) is 0 Å². The molecular weight excluding hydrogens is 488 g/mol. The van der Waals surface area contributed by atoms with Crippen LogP contribution < -0.4 is 16.0 Å². The first-order valence-electron chi connectivity index (χ1n) is 18.2. The molecule has 0 aliphatic heterocycles. The topological polar surface area (TPSA) is 39.3 Å². The fourth-order valence-electron chi connectivity index (χ4n) is 7.72. The zero-order chi connectivity index (χ0) is 28.7. The third-order valence-corrected chi connectivity index (χ3v) is 11.0. The Bertz CT molecular complexity index is 531. The molecule has 0 amide bonds. The van der Waals surface area contributed by atoms with Gasteiger partial charge in [-0.15, -0.1) is 0 Å². The Morgan fingerprint density at radius 3 is 0.900 bits per heavy atom. The SMILES string of the molecule is CC(C)[C@@H](CN(C[C@@H](NCC1CCCCC1)C(C)C)C[C@@H](NCC1CCCCC1)C(C)C)NCC1CCCCC1. The third-order valence-electron chi connectivity index (χ3n) is 11.0. The van der Waals surface area contributed by atoms with Crippen LogP contribution in [0, 0.1) is 35.5 Å². The van der Waals surface area contributed by atoms with Crippen LogP contribution in [0.15, 0.2) is 0 Å². The van der Waals surface area contributed by atoms with E-state index in [-0.39, 0.29) is 0 Å². The van der Waals surface area contributed by atoms with Crippen molar-refractivity contribution in [2.75, 3.05) is 39.3 Å². The molecule has 4 heteroatoms. The van der Waals surface area contributed by atoms with Crippen molar-refractivity contribution in [2.45, 2.75) is 156 Å². The highest BCUT2D eigenvalue weighted by molar-refractivity contribution is 4.86. The van der Waals surface area contributed by atoms with Gasteiger partial charge in [0.25, 0.3) is 0 Å².